The first-order chi connectivity index (χ1) is 8.90. The minimum atomic E-state index is -1.01. The first-order valence-electron chi connectivity index (χ1n) is 6.52. The molecule has 0 bridgehead atoms. The Bertz CT molecular complexity index is 614. The van der Waals surface area contributed by atoms with E-state index in [1.807, 2.05) is 19.9 Å². The molecule has 2 rings (SSSR count). The van der Waals surface area contributed by atoms with Crippen molar-refractivity contribution in [3.05, 3.63) is 29.3 Å². The van der Waals surface area contributed by atoms with Crippen molar-refractivity contribution in [1.82, 2.24) is 14.6 Å². The lowest BCUT2D eigenvalue weighted by Crippen LogP contribution is -2.05. The number of hydrogen-bond donors (Lipinski definition) is 1. The van der Waals surface area contributed by atoms with E-state index in [1.54, 1.807) is 10.6 Å². The maximum Gasteiger partial charge on any atom is 0.356 e. The molecule has 0 amide bonds. The number of carboxylic acid groups (broad SMARTS) is 1. The number of rotatable bonds is 4. The number of imidazole rings is 1. The number of hydrogen-bond acceptors (Lipinski definition) is 3. The summed E-state index contributed by atoms with van der Waals surface area (Å²) in [5.41, 5.74) is 1.59. The van der Waals surface area contributed by atoms with Crippen molar-refractivity contribution >= 4 is 11.5 Å². The first kappa shape index (κ1) is 13.5. The van der Waals surface area contributed by atoms with Gasteiger partial charge in [0.25, 0.3) is 0 Å². The Hall–Kier alpha value is -1.91. The second-order valence-corrected chi connectivity index (χ2v) is 5.50. The molecule has 0 aliphatic rings. The summed E-state index contributed by atoms with van der Waals surface area (Å²) >= 11 is 0. The highest BCUT2D eigenvalue weighted by atomic mass is 16.4. The molecular weight excluding hydrogens is 242 g/mol. The zero-order valence-corrected chi connectivity index (χ0v) is 11.7. The van der Waals surface area contributed by atoms with Gasteiger partial charge in [-0.25, -0.2) is 14.3 Å². The summed E-state index contributed by atoms with van der Waals surface area (Å²) < 4.78 is 1.67. The van der Waals surface area contributed by atoms with Crippen LogP contribution in [-0.2, 0) is 6.42 Å². The van der Waals surface area contributed by atoms with Crippen LogP contribution in [0.5, 0.6) is 0 Å². The maximum absolute atomic E-state index is 11.2. The first-order valence-corrected chi connectivity index (χ1v) is 6.52. The third-order valence-corrected chi connectivity index (χ3v) is 2.91. The minimum absolute atomic E-state index is 0.0762. The largest absolute Gasteiger partial charge is 0.476 e. The van der Waals surface area contributed by atoms with Crippen molar-refractivity contribution in [3.63, 3.8) is 0 Å². The second kappa shape index (κ2) is 4.99. The molecule has 0 radical (unpaired) electrons. The summed E-state index contributed by atoms with van der Waals surface area (Å²) in [6, 6.07) is 3.68. The van der Waals surface area contributed by atoms with Gasteiger partial charge in [-0.15, -0.1) is 0 Å². The molecule has 0 atom stereocenters. The summed E-state index contributed by atoms with van der Waals surface area (Å²) in [5.74, 6) is 0.318. The van der Waals surface area contributed by atoms with E-state index in [-0.39, 0.29) is 11.6 Å². The molecular formula is C14H19N3O2. The van der Waals surface area contributed by atoms with Gasteiger partial charge in [0.05, 0.1) is 11.2 Å². The van der Waals surface area contributed by atoms with E-state index in [9.17, 15) is 9.90 Å². The van der Waals surface area contributed by atoms with Crippen molar-refractivity contribution in [2.24, 2.45) is 5.92 Å². The summed E-state index contributed by atoms with van der Waals surface area (Å²) in [4.78, 5) is 15.4. The molecule has 2 aromatic rings. The molecule has 0 saturated heterocycles. The zero-order chi connectivity index (χ0) is 14.2. The summed E-state index contributed by atoms with van der Waals surface area (Å²) in [7, 11) is 0. The Morgan fingerprint density at radius 3 is 2.53 bits per heavy atom. The second-order valence-electron chi connectivity index (χ2n) is 5.50. The van der Waals surface area contributed by atoms with E-state index in [0.717, 1.165) is 12.1 Å². The molecule has 0 aromatic carbocycles. The van der Waals surface area contributed by atoms with E-state index in [4.69, 9.17) is 0 Å². The van der Waals surface area contributed by atoms with Gasteiger partial charge in [0.2, 0.25) is 0 Å². The molecule has 2 heterocycles. The van der Waals surface area contributed by atoms with Gasteiger partial charge in [-0.2, -0.15) is 5.10 Å². The molecule has 2 aromatic heterocycles. The Balaban J connectivity index is 2.62. The van der Waals surface area contributed by atoms with E-state index >= 15 is 0 Å². The predicted octanol–water partition coefficient (Wildman–Crippen LogP) is 2.75. The Labute approximate surface area is 112 Å². The van der Waals surface area contributed by atoms with Crippen molar-refractivity contribution in [2.45, 2.75) is 40.0 Å². The summed E-state index contributed by atoms with van der Waals surface area (Å²) in [6.07, 6.45) is 0.869. The van der Waals surface area contributed by atoms with Crippen molar-refractivity contribution in [1.29, 1.82) is 0 Å². The van der Waals surface area contributed by atoms with Gasteiger partial charge in [-0.05, 0) is 24.5 Å². The zero-order valence-electron chi connectivity index (χ0n) is 11.7. The highest BCUT2D eigenvalue weighted by molar-refractivity contribution is 5.93. The van der Waals surface area contributed by atoms with Gasteiger partial charge < -0.3 is 5.11 Å². The Morgan fingerprint density at radius 1 is 1.32 bits per heavy atom. The molecule has 5 nitrogen and oxygen atoms in total. The number of aromatic nitrogens is 3. The maximum atomic E-state index is 11.2. The number of aromatic carboxylic acids is 1. The van der Waals surface area contributed by atoms with E-state index < -0.39 is 5.97 Å². The van der Waals surface area contributed by atoms with Gasteiger partial charge in [-0.1, -0.05) is 27.7 Å². The molecule has 19 heavy (non-hydrogen) atoms. The van der Waals surface area contributed by atoms with Gasteiger partial charge >= 0.3 is 5.97 Å². The number of fused-ring (bicyclic) bond motifs is 1. The lowest BCUT2D eigenvalue weighted by Gasteiger charge is -2.07. The molecule has 0 aliphatic heterocycles. The fourth-order valence-corrected chi connectivity index (χ4v) is 2.09. The van der Waals surface area contributed by atoms with Crippen LogP contribution in [0.25, 0.3) is 5.52 Å². The molecule has 0 fully saturated rings. The van der Waals surface area contributed by atoms with Crippen molar-refractivity contribution in [3.8, 4) is 0 Å². The molecule has 102 valence electrons. The van der Waals surface area contributed by atoms with Crippen LogP contribution in [0.15, 0.2) is 12.1 Å². The van der Waals surface area contributed by atoms with Crippen LogP contribution < -0.4 is 0 Å². The molecule has 0 unspecified atom stereocenters. The van der Waals surface area contributed by atoms with Crippen LogP contribution in [0.3, 0.4) is 0 Å². The smallest absolute Gasteiger partial charge is 0.356 e. The highest BCUT2D eigenvalue weighted by Gasteiger charge is 2.19. The average molecular weight is 261 g/mol. The Morgan fingerprint density at radius 2 is 2.00 bits per heavy atom. The van der Waals surface area contributed by atoms with Gasteiger partial charge in [0, 0.05) is 5.92 Å². The minimum Gasteiger partial charge on any atom is -0.476 e. The topological polar surface area (TPSA) is 67.5 Å². The number of carbonyl (C=O) groups is 1. The molecule has 1 N–H and O–H groups in total. The quantitative estimate of drug-likeness (QED) is 0.918. The summed E-state index contributed by atoms with van der Waals surface area (Å²) in [6.45, 7) is 8.23. The van der Waals surface area contributed by atoms with Crippen LogP contribution >= 0.6 is 0 Å². The third kappa shape index (κ3) is 2.59. The molecule has 0 aliphatic carbocycles. The van der Waals surface area contributed by atoms with Gasteiger partial charge in [0.15, 0.2) is 5.69 Å². The predicted molar refractivity (Wildman–Crippen MR) is 72.6 cm³/mol. The monoisotopic (exact) mass is 261 g/mol. The molecule has 0 spiro atoms. The SMILES string of the molecule is CC(C)Cc1ccc2c(C(=O)O)nc(C(C)C)n2n1. The third-order valence-electron chi connectivity index (χ3n) is 2.91. The van der Waals surface area contributed by atoms with Crippen LogP contribution in [0.1, 0.15) is 55.6 Å². The number of carboxylic acids is 1. The summed E-state index contributed by atoms with van der Waals surface area (Å²) in [5, 5.41) is 13.7. The highest BCUT2D eigenvalue weighted by Crippen LogP contribution is 2.19. The van der Waals surface area contributed by atoms with Crippen LogP contribution in [0.2, 0.25) is 0 Å². The van der Waals surface area contributed by atoms with Gasteiger partial charge in [-0.3, -0.25) is 0 Å². The van der Waals surface area contributed by atoms with Crippen molar-refractivity contribution in [2.75, 3.05) is 0 Å². The van der Waals surface area contributed by atoms with Crippen LogP contribution in [0, 0.1) is 5.92 Å². The van der Waals surface area contributed by atoms with E-state index in [0.29, 0.717) is 17.3 Å². The Kier molecular flexibility index (Phi) is 3.55. The average Bonchev–Trinajstić information content (AvgIpc) is 2.66. The standard InChI is InChI=1S/C14H19N3O2/c1-8(2)7-10-5-6-11-12(14(18)19)15-13(9(3)4)17(11)16-10/h5-6,8-9H,7H2,1-4H3,(H,18,19). The fourth-order valence-electron chi connectivity index (χ4n) is 2.09. The van der Waals surface area contributed by atoms with Gasteiger partial charge in [0.1, 0.15) is 5.82 Å². The van der Waals surface area contributed by atoms with Crippen molar-refractivity contribution < 1.29 is 9.90 Å². The van der Waals surface area contributed by atoms with Crippen LogP contribution in [-0.4, -0.2) is 25.7 Å². The number of nitrogens with zero attached hydrogens (tertiary/aromatic N) is 3. The lowest BCUT2D eigenvalue weighted by atomic mass is 10.1. The lowest BCUT2D eigenvalue weighted by molar-refractivity contribution is 0.0693. The van der Waals surface area contributed by atoms with Crippen LogP contribution in [0.4, 0.5) is 0 Å². The normalized spacial score (nSPS) is 11.7. The fraction of sp³-hybridized carbons (Fsp3) is 0.500. The molecule has 5 heteroatoms. The van der Waals surface area contributed by atoms with E-state index in [2.05, 4.69) is 23.9 Å². The van der Waals surface area contributed by atoms with E-state index in [1.165, 1.54) is 0 Å². The molecule has 0 saturated carbocycles.